The Bertz CT molecular complexity index is 598. The molecular weight excluding hydrogens is 262 g/mol. The van der Waals surface area contributed by atoms with Gasteiger partial charge < -0.3 is 15.2 Å². The molecule has 0 saturated heterocycles. The van der Waals surface area contributed by atoms with Crippen LogP contribution < -0.4 is 15.2 Å². The number of hydrogen-bond donors (Lipinski definition) is 1. The topological polar surface area (TPSA) is 44.5 Å². The second kappa shape index (κ2) is 6.08. The average molecular weight is 285 g/mol. The molecule has 0 aliphatic carbocycles. The van der Waals surface area contributed by atoms with Gasteiger partial charge in [-0.25, -0.2) is 0 Å². The van der Waals surface area contributed by atoms with Crippen molar-refractivity contribution < 1.29 is 9.47 Å². The van der Waals surface area contributed by atoms with Crippen molar-refractivity contribution in [3.8, 4) is 11.5 Å². The molecule has 0 bridgehead atoms. The number of hydrogen-bond acceptors (Lipinski definition) is 3. The lowest BCUT2D eigenvalue weighted by molar-refractivity contribution is 0.296. The minimum absolute atomic E-state index is 0.00894. The van der Waals surface area contributed by atoms with E-state index >= 15 is 0 Å². The Morgan fingerprint density at radius 2 is 1.67 bits per heavy atom. The summed E-state index contributed by atoms with van der Waals surface area (Å²) in [5.74, 6) is 1.74. The summed E-state index contributed by atoms with van der Waals surface area (Å²) in [6, 6.07) is 13.7. The van der Waals surface area contributed by atoms with Gasteiger partial charge in [-0.3, -0.25) is 0 Å². The van der Waals surface area contributed by atoms with Crippen LogP contribution in [0.5, 0.6) is 11.5 Å². The molecule has 0 aliphatic rings. The van der Waals surface area contributed by atoms with E-state index in [1.165, 1.54) is 0 Å². The minimum Gasteiger partial charge on any atom is -0.497 e. The van der Waals surface area contributed by atoms with Gasteiger partial charge in [-0.2, -0.15) is 0 Å². The van der Waals surface area contributed by atoms with E-state index in [1.54, 1.807) is 7.11 Å². The highest BCUT2D eigenvalue weighted by Gasteiger charge is 2.20. The normalized spacial score (nSPS) is 11.2. The van der Waals surface area contributed by atoms with E-state index in [0.717, 1.165) is 28.3 Å². The lowest BCUT2D eigenvalue weighted by atomic mass is 9.86. The molecule has 0 fully saturated rings. The molecule has 0 amide bonds. The Morgan fingerprint density at radius 3 is 2.24 bits per heavy atom. The molecule has 0 atom stereocenters. The Kier molecular flexibility index (Phi) is 4.41. The molecule has 21 heavy (non-hydrogen) atoms. The van der Waals surface area contributed by atoms with Crippen LogP contribution in [0.3, 0.4) is 0 Å². The Balaban J connectivity index is 2.21. The molecule has 0 radical (unpaired) electrons. The van der Waals surface area contributed by atoms with Gasteiger partial charge in [-0.15, -0.1) is 0 Å². The van der Waals surface area contributed by atoms with Gasteiger partial charge in [0.2, 0.25) is 0 Å². The molecule has 112 valence electrons. The molecule has 3 nitrogen and oxygen atoms in total. The van der Waals surface area contributed by atoms with Crippen molar-refractivity contribution in [2.75, 3.05) is 12.8 Å². The second-order valence-electron chi connectivity index (χ2n) is 6.14. The van der Waals surface area contributed by atoms with Crippen molar-refractivity contribution in [2.24, 2.45) is 0 Å². The van der Waals surface area contributed by atoms with Gasteiger partial charge in [-0.05, 0) is 41.3 Å². The SMILES string of the molecule is COc1ccc(OCc2ccc(N)cc2)c(C(C)(C)C)c1. The van der Waals surface area contributed by atoms with Gasteiger partial charge >= 0.3 is 0 Å². The Labute approximate surface area is 126 Å². The Morgan fingerprint density at radius 1 is 1.00 bits per heavy atom. The maximum atomic E-state index is 5.99. The third-order valence-corrected chi connectivity index (χ3v) is 3.37. The van der Waals surface area contributed by atoms with Gasteiger partial charge in [0.05, 0.1) is 7.11 Å². The number of ether oxygens (including phenoxy) is 2. The van der Waals surface area contributed by atoms with Crippen LogP contribution in [-0.4, -0.2) is 7.11 Å². The van der Waals surface area contributed by atoms with E-state index in [0.29, 0.717) is 6.61 Å². The summed E-state index contributed by atoms with van der Waals surface area (Å²) in [4.78, 5) is 0. The van der Waals surface area contributed by atoms with Crippen molar-refractivity contribution in [3.63, 3.8) is 0 Å². The van der Waals surface area contributed by atoms with Gasteiger partial charge in [0.1, 0.15) is 18.1 Å². The van der Waals surface area contributed by atoms with Crippen LogP contribution in [0.1, 0.15) is 31.9 Å². The van der Waals surface area contributed by atoms with Crippen LogP contribution in [0.2, 0.25) is 0 Å². The number of nitrogens with two attached hydrogens (primary N) is 1. The van der Waals surface area contributed by atoms with Crippen LogP contribution in [0.15, 0.2) is 42.5 Å². The fraction of sp³-hybridized carbons (Fsp3) is 0.333. The van der Waals surface area contributed by atoms with Crippen molar-refractivity contribution in [1.29, 1.82) is 0 Å². The predicted octanol–water partition coefficient (Wildman–Crippen LogP) is 4.15. The zero-order valence-corrected chi connectivity index (χ0v) is 13.1. The molecule has 0 unspecified atom stereocenters. The van der Waals surface area contributed by atoms with Gasteiger partial charge in [0.15, 0.2) is 0 Å². The average Bonchev–Trinajstić information content (AvgIpc) is 2.45. The van der Waals surface area contributed by atoms with Crippen LogP contribution in [0.25, 0.3) is 0 Å². The number of rotatable bonds is 4. The van der Waals surface area contributed by atoms with E-state index in [1.807, 2.05) is 42.5 Å². The molecule has 0 saturated carbocycles. The first-order valence-electron chi connectivity index (χ1n) is 7.06. The van der Waals surface area contributed by atoms with Crippen LogP contribution in [-0.2, 0) is 12.0 Å². The molecular formula is C18H23NO2. The first-order valence-corrected chi connectivity index (χ1v) is 7.06. The van der Waals surface area contributed by atoms with Gasteiger partial charge in [-0.1, -0.05) is 32.9 Å². The van der Waals surface area contributed by atoms with Gasteiger partial charge in [0, 0.05) is 11.3 Å². The summed E-state index contributed by atoms with van der Waals surface area (Å²) in [5.41, 5.74) is 8.68. The quantitative estimate of drug-likeness (QED) is 0.858. The maximum absolute atomic E-state index is 5.99. The molecule has 2 aromatic rings. The molecule has 0 spiro atoms. The predicted molar refractivity (Wildman–Crippen MR) is 86.9 cm³/mol. The molecule has 0 aromatic heterocycles. The molecule has 0 heterocycles. The molecule has 2 rings (SSSR count). The van der Waals surface area contributed by atoms with Crippen molar-refractivity contribution >= 4 is 5.69 Å². The summed E-state index contributed by atoms with van der Waals surface area (Å²) < 4.78 is 11.3. The second-order valence-corrected chi connectivity index (χ2v) is 6.14. The molecule has 3 heteroatoms. The Hall–Kier alpha value is -2.16. The smallest absolute Gasteiger partial charge is 0.123 e. The first kappa shape index (κ1) is 15.2. The third kappa shape index (κ3) is 3.91. The van der Waals surface area contributed by atoms with Crippen molar-refractivity contribution in [1.82, 2.24) is 0 Å². The van der Waals surface area contributed by atoms with E-state index in [9.17, 15) is 0 Å². The highest BCUT2D eigenvalue weighted by atomic mass is 16.5. The van der Waals surface area contributed by atoms with E-state index in [4.69, 9.17) is 15.2 Å². The van der Waals surface area contributed by atoms with Crippen LogP contribution in [0.4, 0.5) is 5.69 Å². The highest BCUT2D eigenvalue weighted by Crippen LogP contribution is 2.34. The fourth-order valence-corrected chi connectivity index (χ4v) is 2.12. The summed E-state index contributed by atoms with van der Waals surface area (Å²) in [6.45, 7) is 7.02. The number of methoxy groups -OCH3 is 1. The van der Waals surface area contributed by atoms with Crippen molar-refractivity contribution in [3.05, 3.63) is 53.6 Å². The minimum atomic E-state index is -0.00894. The van der Waals surface area contributed by atoms with E-state index in [-0.39, 0.29) is 5.41 Å². The summed E-state index contributed by atoms with van der Waals surface area (Å²) >= 11 is 0. The maximum Gasteiger partial charge on any atom is 0.123 e. The lowest BCUT2D eigenvalue weighted by Crippen LogP contribution is -2.13. The summed E-state index contributed by atoms with van der Waals surface area (Å²) in [7, 11) is 1.68. The standard InChI is InChI=1S/C18H23NO2/c1-18(2,3)16-11-15(20-4)9-10-17(16)21-12-13-5-7-14(19)8-6-13/h5-11H,12,19H2,1-4H3. The molecule has 2 aromatic carbocycles. The number of nitrogen functional groups attached to an aromatic ring is 1. The molecule has 2 N–H and O–H groups in total. The van der Waals surface area contributed by atoms with Crippen LogP contribution in [0, 0.1) is 0 Å². The first-order chi connectivity index (χ1) is 9.90. The van der Waals surface area contributed by atoms with E-state index < -0.39 is 0 Å². The lowest BCUT2D eigenvalue weighted by Gasteiger charge is -2.23. The van der Waals surface area contributed by atoms with E-state index in [2.05, 4.69) is 20.8 Å². The van der Waals surface area contributed by atoms with Crippen LogP contribution >= 0.6 is 0 Å². The third-order valence-electron chi connectivity index (χ3n) is 3.37. The summed E-state index contributed by atoms with van der Waals surface area (Å²) in [6.07, 6.45) is 0. The van der Waals surface area contributed by atoms with Crippen molar-refractivity contribution in [2.45, 2.75) is 32.8 Å². The van der Waals surface area contributed by atoms with Gasteiger partial charge in [0.25, 0.3) is 0 Å². The summed E-state index contributed by atoms with van der Waals surface area (Å²) in [5, 5.41) is 0. The molecule has 0 aliphatic heterocycles. The zero-order chi connectivity index (χ0) is 15.5. The highest BCUT2D eigenvalue weighted by molar-refractivity contribution is 5.44. The number of anilines is 1. The zero-order valence-electron chi connectivity index (χ0n) is 13.1. The monoisotopic (exact) mass is 285 g/mol. The fourth-order valence-electron chi connectivity index (χ4n) is 2.12. The largest absolute Gasteiger partial charge is 0.497 e. The number of benzene rings is 2.